The highest BCUT2D eigenvalue weighted by Gasteiger charge is 2.38. The molecular formula is C37H41N3O4S. The van der Waals surface area contributed by atoms with Crippen LogP contribution in [0.15, 0.2) is 121 Å². The number of esters is 1. The summed E-state index contributed by atoms with van der Waals surface area (Å²) in [5, 5.41) is 5.47. The Morgan fingerprint density at radius 3 is 1.60 bits per heavy atom. The van der Waals surface area contributed by atoms with Crippen molar-refractivity contribution in [2.75, 3.05) is 12.3 Å². The summed E-state index contributed by atoms with van der Waals surface area (Å²) in [7, 11) is 0. The Kier molecular flexibility index (Phi) is 11.6. The smallest absolute Gasteiger partial charge is 0.325 e. The summed E-state index contributed by atoms with van der Waals surface area (Å²) in [6.07, 6.45) is 0.231. The number of carbonyl (C=O) groups is 3. The number of hydrogen-bond donors (Lipinski definition) is 3. The SMILES string of the molecule is CC(C)(C)OC(=O)CNC(=O)[C@H](Cc1ccccc1)NC(=O)[C@H](N)CSC(c1ccccc1)(c1ccccc1)c1ccccc1. The molecule has 0 fully saturated rings. The molecule has 0 unspecified atom stereocenters. The molecule has 0 aliphatic rings. The average Bonchev–Trinajstić information content (AvgIpc) is 3.04. The summed E-state index contributed by atoms with van der Waals surface area (Å²) in [6.45, 7) is 4.96. The summed E-state index contributed by atoms with van der Waals surface area (Å²) in [5.41, 5.74) is 9.90. The second-order valence-electron chi connectivity index (χ2n) is 11.8. The number of thioether (sulfide) groups is 1. The van der Waals surface area contributed by atoms with Gasteiger partial charge in [0.2, 0.25) is 11.8 Å². The van der Waals surface area contributed by atoms with E-state index in [1.165, 1.54) is 0 Å². The highest BCUT2D eigenvalue weighted by atomic mass is 32.2. The molecule has 0 spiro atoms. The van der Waals surface area contributed by atoms with Crippen LogP contribution in [-0.2, 0) is 30.3 Å². The van der Waals surface area contributed by atoms with Crippen molar-refractivity contribution in [2.24, 2.45) is 5.73 Å². The zero-order valence-corrected chi connectivity index (χ0v) is 26.8. The number of nitrogens with two attached hydrogens (primary N) is 1. The molecule has 4 rings (SSSR count). The molecule has 4 aromatic carbocycles. The number of rotatable bonds is 13. The molecule has 2 atom stereocenters. The molecule has 0 saturated heterocycles. The minimum atomic E-state index is -0.944. The molecule has 0 heterocycles. The minimum Gasteiger partial charge on any atom is -0.459 e. The summed E-state index contributed by atoms with van der Waals surface area (Å²) in [5.74, 6) is -1.25. The van der Waals surface area contributed by atoms with Crippen molar-refractivity contribution in [1.82, 2.24) is 10.6 Å². The molecule has 7 nitrogen and oxygen atoms in total. The Labute approximate surface area is 270 Å². The minimum absolute atomic E-state index is 0.231. The van der Waals surface area contributed by atoms with E-state index in [4.69, 9.17) is 10.5 Å². The van der Waals surface area contributed by atoms with Crippen LogP contribution in [0, 0.1) is 0 Å². The lowest BCUT2D eigenvalue weighted by atomic mass is 9.84. The molecule has 0 aliphatic carbocycles. The largest absolute Gasteiger partial charge is 0.459 e. The Balaban J connectivity index is 1.55. The fraction of sp³-hybridized carbons (Fsp3) is 0.270. The number of ether oxygens (including phenoxy) is 1. The average molecular weight is 624 g/mol. The standard InChI is InChI=1S/C37H41N3O4S/c1-36(2,3)44-33(41)25-39-35(43)32(24-27-16-8-4-9-17-27)40-34(42)31(38)26-45-37(28-18-10-5-11-19-28,29-20-12-6-13-21-29)30-22-14-7-15-23-30/h4-23,31-32H,24-26,38H2,1-3H3,(H,39,43)(H,40,42)/t31-,32+/m1/s1. The van der Waals surface area contributed by atoms with Crippen molar-refractivity contribution in [1.29, 1.82) is 0 Å². The van der Waals surface area contributed by atoms with E-state index in [1.54, 1.807) is 32.5 Å². The third-order valence-corrected chi connectivity index (χ3v) is 8.77. The van der Waals surface area contributed by atoms with E-state index in [1.807, 2.05) is 84.9 Å². The third-order valence-electron chi connectivity index (χ3n) is 7.10. The molecule has 4 aromatic rings. The maximum atomic E-state index is 13.6. The first-order chi connectivity index (χ1) is 21.6. The lowest BCUT2D eigenvalue weighted by Gasteiger charge is -2.36. The second-order valence-corrected chi connectivity index (χ2v) is 13.0. The maximum Gasteiger partial charge on any atom is 0.325 e. The van der Waals surface area contributed by atoms with Gasteiger partial charge in [0.25, 0.3) is 0 Å². The van der Waals surface area contributed by atoms with Crippen molar-refractivity contribution in [3.05, 3.63) is 144 Å². The van der Waals surface area contributed by atoms with Crippen LogP contribution in [-0.4, -0.2) is 47.8 Å². The predicted molar refractivity (Wildman–Crippen MR) is 181 cm³/mol. The molecule has 0 aliphatic heterocycles. The fourth-order valence-electron chi connectivity index (χ4n) is 5.06. The van der Waals surface area contributed by atoms with Crippen molar-refractivity contribution in [3.63, 3.8) is 0 Å². The van der Waals surface area contributed by atoms with Crippen LogP contribution >= 0.6 is 11.8 Å². The Bertz CT molecular complexity index is 1430. The predicted octanol–water partition coefficient (Wildman–Crippen LogP) is 5.22. The summed E-state index contributed by atoms with van der Waals surface area (Å²) in [6, 6.07) is 38.0. The summed E-state index contributed by atoms with van der Waals surface area (Å²) in [4.78, 5) is 39.1. The first-order valence-electron chi connectivity index (χ1n) is 15.0. The normalized spacial score (nSPS) is 12.9. The van der Waals surface area contributed by atoms with Gasteiger partial charge in [0.1, 0.15) is 18.2 Å². The van der Waals surface area contributed by atoms with Gasteiger partial charge in [0.05, 0.1) is 10.8 Å². The number of hydrogen-bond acceptors (Lipinski definition) is 6. The number of amides is 2. The van der Waals surface area contributed by atoms with E-state index >= 15 is 0 Å². The first-order valence-corrected chi connectivity index (χ1v) is 16.0. The zero-order chi connectivity index (χ0) is 32.3. The van der Waals surface area contributed by atoms with Crippen LogP contribution in [0.2, 0.25) is 0 Å². The molecule has 0 bridgehead atoms. The third kappa shape index (κ3) is 9.30. The topological polar surface area (TPSA) is 111 Å². The maximum absolute atomic E-state index is 13.6. The molecule has 0 aromatic heterocycles. The van der Waals surface area contributed by atoms with E-state index in [0.29, 0.717) is 0 Å². The summed E-state index contributed by atoms with van der Waals surface area (Å²) >= 11 is 1.58. The van der Waals surface area contributed by atoms with Crippen molar-refractivity contribution < 1.29 is 19.1 Å². The van der Waals surface area contributed by atoms with Gasteiger partial charge in [-0.15, -0.1) is 11.8 Å². The van der Waals surface area contributed by atoms with E-state index < -0.39 is 40.2 Å². The van der Waals surface area contributed by atoms with Crippen LogP contribution < -0.4 is 16.4 Å². The Hall–Kier alpha value is -4.40. The highest BCUT2D eigenvalue weighted by molar-refractivity contribution is 8.00. The molecule has 45 heavy (non-hydrogen) atoms. The molecule has 0 saturated carbocycles. The Morgan fingerprint density at radius 1 is 0.711 bits per heavy atom. The number of nitrogens with one attached hydrogen (secondary N) is 2. The zero-order valence-electron chi connectivity index (χ0n) is 25.9. The quantitative estimate of drug-likeness (QED) is 0.139. The van der Waals surface area contributed by atoms with Gasteiger partial charge in [-0.3, -0.25) is 14.4 Å². The van der Waals surface area contributed by atoms with Crippen molar-refractivity contribution in [2.45, 2.75) is 49.6 Å². The van der Waals surface area contributed by atoms with Crippen LogP contribution in [0.3, 0.4) is 0 Å². The molecule has 0 radical (unpaired) electrons. The molecule has 2 amide bonds. The second kappa shape index (κ2) is 15.5. The van der Waals surface area contributed by atoms with Gasteiger partial charge in [-0.25, -0.2) is 0 Å². The Morgan fingerprint density at radius 2 is 1.16 bits per heavy atom. The van der Waals surface area contributed by atoms with E-state index in [9.17, 15) is 14.4 Å². The summed E-state index contributed by atoms with van der Waals surface area (Å²) < 4.78 is 4.67. The van der Waals surface area contributed by atoms with Gasteiger partial charge in [-0.1, -0.05) is 121 Å². The van der Waals surface area contributed by atoms with E-state index in [0.717, 1.165) is 22.3 Å². The van der Waals surface area contributed by atoms with Crippen LogP contribution in [0.1, 0.15) is 43.0 Å². The molecule has 234 valence electrons. The number of benzene rings is 4. The van der Waals surface area contributed by atoms with Crippen molar-refractivity contribution >= 4 is 29.5 Å². The highest BCUT2D eigenvalue weighted by Crippen LogP contribution is 2.48. The monoisotopic (exact) mass is 623 g/mol. The van der Waals surface area contributed by atoms with Crippen molar-refractivity contribution in [3.8, 4) is 0 Å². The molecule has 4 N–H and O–H groups in total. The lowest BCUT2D eigenvalue weighted by molar-refractivity contribution is -0.154. The van der Waals surface area contributed by atoms with E-state index in [-0.39, 0.29) is 18.7 Å². The number of carbonyl (C=O) groups excluding carboxylic acids is 3. The van der Waals surface area contributed by atoms with Gasteiger partial charge in [-0.05, 0) is 43.0 Å². The molecule has 8 heteroatoms. The van der Waals surface area contributed by atoms with Crippen LogP contribution in [0.5, 0.6) is 0 Å². The van der Waals surface area contributed by atoms with E-state index in [2.05, 4.69) is 47.0 Å². The molecular weight excluding hydrogens is 582 g/mol. The fourth-order valence-corrected chi connectivity index (χ4v) is 6.55. The van der Waals surface area contributed by atoms with Gasteiger partial charge in [0, 0.05) is 12.2 Å². The van der Waals surface area contributed by atoms with Gasteiger partial charge in [-0.2, -0.15) is 0 Å². The van der Waals surface area contributed by atoms with Crippen LogP contribution in [0.4, 0.5) is 0 Å². The van der Waals surface area contributed by atoms with Gasteiger partial charge >= 0.3 is 5.97 Å². The first kappa shape index (κ1) is 33.5. The van der Waals surface area contributed by atoms with Gasteiger partial charge < -0.3 is 21.1 Å². The lowest BCUT2D eigenvalue weighted by Crippen LogP contribution is -2.54. The van der Waals surface area contributed by atoms with Crippen LogP contribution in [0.25, 0.3) is 0 Å². The van der Waals surface area contributed by atoms with Gasteiger partial charge in [0.15, 0.2) is 0 Å².